The van der Waals surface area contributed by atoms with Crippen molar-refractivity contribution in [3.05, 3.63) is 0 Å². The lowest BCUT2D eigenvalue weighted by atomic mass is 9.43. The molecule has 18 heavy (non-hydrogen) atoms. The number of rotatable bonds is 0. The number of hydrogen-bond donors (Lipinski definition) is 0. The molecule has 2 aliphatic carbocycles. The molecule has 0 N–H and O–H groups in total. The summed E-state index contributed by atoms with van der Waals surface area (Å²) in [6.45, 7) is 13.5. The van der Waals surface area contributed by atoms with Gasteiger partial charge in [0.25, 0.3) is 0 Å². The first kappa shape index (κ1) is 13.0. The highest BCUT2D eigenvalue weighted by molar-refractivity contribution is 5.10. The summed E-state index contributed by atoms with van der Waals surface area (Å²) in [6, 6.07) is 0. The summed E-state index contributed by atoms with van der Waals surface area (Å²) in [5, 5.41) is 0. The van der Waals surface area contributed by atoms with E-state index >= 15 is 0 Å². The van der Waals surface area contributed by atoms with Crippen LogP contribution in [0.3, 0.4) is 0 Å². The summed E-state index contributed by atoms with van der Waals surface area (Å²) in [6.07, 6.45) is 6.79. The Kier molecular flexibility index (Phi) is 2.70. The maximum absolute atomic E-state index is 6.15. The van der Waals surface area contributed by atoms with E-state index in [4.69, 9.17) is 4.74 Å². The van der Waals surface area contributed by atoms with Gasteiger partial charge in [-0.25, -0.2) is 0 Å². The number of hydrogen-bond acceptors (Lipinski definition) is 1. The lowest BCUT2D eigenvalue weighted by Crippen LogP contribution is -2.57. The van der Waals surface area contributed by atoms with Gasteiger partial charge in [-0.15, -0.1) is 0 Å². The highest BCUT2D eigenvalue weighted by atomic mass is 16.5. The lowest BCUT2D eigenvalue weighted by Gasteiger charge is -2.62. The first-order valence-electron chi connectivity index (χ1n) is 7.95. The van der Waals surface area contributed by atoms with Gasteiger partial charge in [0.15, 0.2) is 0 Å². The van der Waals surface area contributed by atoms with Gasteiger partial charge < -0.3 is 4.74 Å². The topological polar surface area (TPSA) is 9.23 Å². The zero-order valence-electron chi connectivity index (χ0n) is 12.9. The second-order valence-corrected chi connectivity index (χ2v) is 8.36. The smallest absolute Gasteiger partial charge is 0.0688 e. The molecule has 5 unspecified atom stereocenters. The van der Waals surface area contributed by atoms with Gasteiger partial charge in [0.2, 0.25) is 0 Å². The molecule has 1 heteroatoms. The average molecular weight is 250 g/mol. The highest BCUT2D eigenvalue weighted by Crippen LogP contribution is 2.65. The Balaban J connectivity index is 1.98. The molecule has 0 spiro atoms. The van der Waals surface area contributed by atoms with Crippen LogP contribution >= 0.6 is 0 Å². The van der Waals surface area contributed by atoms with Gasteiger partial charge in [0.05, 0.1) is 5.60 Å². The monoisotopic (exact) mass is 250 g/mol. The normalized spacial score (nSPS) is 54.8. The molecular weight excluding hydrogens is 220 g/mol. The summed E-state index contributed by atoms with van der Waals surface area (Å²) >= 11 is 0. The van der Waals surface area contributed by atoms with E-state index in [1.807, 2.05) is 0 Å². The van der Waals surface area contributed by atoms with E-state index in [-0.39, 0.29) is 5.60 Å². The van der Waals surface area contributed by atoms with Crippen LogP contribution in [-0.2, 0) is 4.74 Å². The van der Waals surface area contributed by atoms with Crippen LogP contribution in [0.4, 0.5) is 0 Å². The van der Waals surface area contributed by atoms with Crippen molar-refractivity contribution in [3.63, 3.8) is 0 Å². The molecule has 5 atom stereocenters. The zero-order chi connectivity index (χ0) is 13.2. The fourth-order valence-corrected chi connectivity index (χ4v) is 5.91. The molecule has 1 heterocycles. The third kappa shape index (κ3) is 1.49. The van der Waals surface area contributed by atoms with Crippen LogP contribution in [-0.4, -0.2) is 12.2 Å². The molecule has 0 aromatic rings. The van der Waals surface area contributed by atoms with E-state index < -0.39 is 0 Å². The Morgan fingerprint density at radius 1 is 0.889 bits per heavy atom. The second kappa shape index (κ2) is 3.75. The van der Waals surface area contributed by atoms with Crippen molar-refractivity contribution in [1.82, 2.24) is 0 Å². The van der Waals surface area contributed by atoms with Crippen molar-refractivity contribution in [2.24, 2.45) is 28.6 Å². The van der Waals surface area contributed by atoms with Crippen molar-refractivity contribution >= 4 is 0 Å². The lowest BCUT2D eigenvalue weighted by molar-refractivity contribution is -0.161. The average Bonchev–Trinajstić information content (AvgIpc) is 2.68. The van der Waals surface area contributed by atoms with Crippen LogP contribution in [0.25, 0.3) is 0 Å². The van der Waals surface area contributed by atoms with E-state index in [2.05, 4.69) is 34.6 Å². The predicted molar refractivity (Wildman–Crippen MR) is 75.5 cm³/mol. The molecular formula is C17H30O. The maximum atomic E-state index is 6.15. The van der Waals surface area contributed by atoms with Crippen molar-refractivity contribution in [3.8, 4) is 0 Å². The molecule has 0 aromatic heterocycles. The van der Waals surface area contributed by atoms with E-state index in [1.165, 1.54) is 32.1 Å². The van der Waals surface area contributed by atoms with Gasteiger partial charge in [0.1, 0.15) is 0 Å². The first-order chi connectivity index (χ1) is 8.31. The quantitative estimate of drug-likeness (QED) is 0.608. The van der Waals surface area contributed by atoms with Gasteiger partial charge in [-0.3, -0.25) is 0 Å². The van der Waals surface area contributed by atoms with Crippen LogP contribution in [0.15, 0.2) is 0 Å². The molecule has 1 saturated heterocycles. The molecule has 3 fully saturated rings. The molecule has 3 aliphatic rings. The summed E-state index contributed by atoms with van der Waals surface area (Å²) in [7, 11) is 0. The Bertz CT molecular complexity index is 348. The number of fused-ring (bicyclic) bond motifs is 3. The minimum absolute atomic E-state index is 0.196. The molecule has 0 bridgehead atoms. The Hall–Kier alpha value is -0.0400. The summed E-state index contributed by atoms with van der Waals surface area (Å²) < 4.78 is 6.15. The summed E-state index contributed by atoms with van der Waals surface area (Å²) in [5.74, 6) is 2.58. The van der Waals surface area contributed by atoms with E-state index in [0.717, 1.165) is 24.4 Å². The molecule has 0 aromatic carbocycles. The van der Waals surface area contributed by atoms with Crippen LogP contribution in [0.1, 0.15) is 66.7 Å². The highest BCUT2D eigenvalue weighted by Gasteiger charge is 2.61. The van der Waals surface area contributed by atoms with E-state index in [1.54, 1.807) is 0 Å². The minimum Gasteiger partial charge on any atom is -0.375 e. The van der Waals surface area contributed by atoms with Crippen LogP contribution in [0.5, 0.6) is 0 Å². The first-order valence-corrected chi connectivity index (χ1v) is 7.95. The summed E-state index contributed by atoms with van der Waals surface area (Å²) in [4.78, 5) is 0. The Labute approximate surface area is 113 Å². The molecule has 2 saturated carbocycles. The van der Waals surface area contributed by atoms with Gasteiger partial charge in [-0.2, -0.15) is 0 Å². The van der Waals surface area contributed by atoms with E-state index in [0.29, 0.717) is 10.8 Å². The van der Waals surface area contributed by atoms with Crippen molar-refractivity contribution in [2.75, 3.05) is 6.61 Å². The van der Waals surface area contributed by atoms with Crippen molar-refractivity contribution in [2.45, 2.75) is 72.3 Å². The van der Waals surface area contributed by atoms with Crippen LogP contribution < -0.4 is 0 Å². The predicted octanol–water partition coefficient (Wildman–Crippen LogP) is 4.65. The fraction of sp³-hybridized carbons (Fsp3) is 1.00. The van der Waals surface area contributed by atoms with Gasteiger partial charge in [0, 0.05) is 6.61 Å². The number of ether oxygens (including phenoxy) is 1. The molecule has 0 radical (unpaired) electrons. The molecule has 0 amide bonds. The molecule has 104 valence electrons. The zero-order valence-corrected chi connectivity index (χ0v) is 12.9. The van der Waals surface area contributed by atoms with Gasteiger partial charge >= 0.3 is 0 Å². The van der Waals surface area contributed by atoms with Gasteiger partial charge in [-0.05, 0) is 67.6 Å². The van der Waals surface area contributed by atoms with Gasteiger partial charge in [-0.1, -0.05) is 27.7 Å². The molecule has 1 aliphatic heterocycles. The Morgan fingerprint density at radius 3 is 2.33 bits per heavy atom. The Morgan fingerprint density at radius 2 is 1.61 bits per heavy atom. The third-order valence-electron chi connectivity index (χ3n) is 7.38. The van der Waals surface area contributed by atoms with Crippen LogP contribution in [0, 0.1) is 28.6 Å². The SMILES string of the molecule is CC1CCC2(C)C3CCOC3(C)CCC2C1(C)C. The van der Waals surface area contributed by atoms with Crippen molar-refractivity contribution < 1.29 is 4.74 Å². The maximum Gasteiger partial charge on any atom is 0.0688 e. The molecule has 3 rings (SSSR count). The largest absolute Gasteiger partial charge is 0.375 e. The minimum atomic E-state index is 0.196. The second-order valence-electron chi connectivity index (χ2n) is 8.36. The molecule has 1 nitrogen and oxygen atoms in total. The van der Waals surface area contributed by atoms with E-state index in [9.17, 15) is 0 Å². The summed E-state index contributed by atoms with van der Waals surface area (Å²) in [5.41, 5.74) is 1.23. The van der Waals surface area contributed by atoms with Crippen molar-refractivity contribution in [1.29, 1.82) is 0 Å². The third-order valence-corrected chi connectivity index (χ3v) is 7.38. The standard InChI is InChI=1S/C17H30O/c1-12-6-9-16(4)13(15(12,2)3)7-10-17(5)14(16)8-11-18-17/h12-14H,6-11H2,1-5H3. The van der Waals surface area contributed by atoms with Crippen LogP contribution in [0.2, 0.25) is 0 Å². The fourth-order valence-electron chi connectivity index (χ4n) is 5.91.